The number of hydrogen-bond acceptors (Lipinski definition) is 7. The second-order valence-electron chi connectivity index (χ2n) is 5.62. The smallest absolute Gasteiger partial charge is 0.260 e. The zero-order valence-corrected chi connectivity index (χ0v) is 15.3. The van der Waals surface area contributed by atoms with Gasteiger partial charge in [0.2, 0.25) is 5.91 Å². The zero-order chi connectivity index (χ0) is 19.8. The molecule has 1 aromatic carbocycles. The zero-order valence-electron chi connectivity index (χ0n) is 15.3. The summed E-state index contributed by atoms with van der Waals surface area (Å²) in [6, 6.07) is 8.26. The molecule has 0 aliphatic carbocycles. The van der Waals surface area contributed by atoms with Gasteiger partial charge in [0.25, 0.3) is 5.91 Å². The van der Waals surface area contributed by atoms with Gasteiger partial charge in [-0.05, 0) is 26.0 Å². The molecule has 9 heteroatoms. The summed E-state index contributed by atoms with van der Waals surface area (Å²) in [4.78, 5) is 25.4. The van der Waals surface area contributed by atoms with Gasteiger partial charge in [0.1, 0.15) is 5.76 Å². The van der Waals surface area contributed by atoms with Crippen molar-refractivity contribution in [3.05, 3.63) is 35.6 Å². The maximum absolute atomic E-state index is 12.2. The van der Waals surface area contributed by atoms with Crippen LogP contribution in [0.4, 0.5) is 5.82 Å². The van der Waals surface area contributed by atoms with E-state index < -0.39 is 11.8 Å². The van der Waals surface area contributed by atoms with Crippen molar-refractivity contribution in [2.75, 3.05) is 32.1 Å². The minimum absolute atomic E-state index is 0.167. The fraction of sp³-hybridized carbons (Fsp3) is 0.333. The minimum atomic E-state index is -0.410. The molecule has 9 nitrogen and oxygen atoms in total. The van der Waals surface area contributed by atoms with Crippen LogP contribution < -0.4 is 14.8 Å². The predicted octanol–water partition coefficient (Wildman–Crippen LogP) is 1.73. The highest BCUT2D eigenvalue weighted by atomic mass is 16.5. The topological polar surface area (TPSA) is 118 Å². The lowest BCUT2D eigenvalue weighted by molar-refractivity contribution is -0.135. The molecule has 0 saturated heterocycles. The average Bonchev–Trinajstić information content (AvgIpc) is 3.04. The maximum atomic E-state index is 12.2. The first-order valence-electron chi connectivity index (χ1n) is 8.19. The predicted molar refractivity (Wildman–Crippen MR) is 95.3 cm³/mol. The molecule has 0 aliphatic rings. The number of carbonyl (C=O) groups excluding carboxylic acids is 2. The van der Waals surface area contributed by atoms with Gasteiger partial charge < -0.3 is 24.2 Å². The third kappa shape index (κ3) is 5.74. The summed E-state index contributed by atoms with van der Waals surface area (Å²) in [5.41, 5.74) is 0.425. The number of likely N-dealkylation sites (N-methyl/N-ethyl adjacent to an activating group) is 1. The number of ether oxygens (including phenoxy) is 2. The molecule has 0 aliphatic heterocycles. The minimum Gasteiger partial charge on any atom is -0.490 e. The van der Waals surface area contributed by atoms with Crippen molar-refractivity contribution in [3.63, 3.8) is 0 Å². The molecule has 0 saturated carbocycles. The summed E-state index contributed by atoms with van der Waals surface area (Å²) in [6.07, 6.45) is 0. The summed E-state index contributed by atoms with van der Waals surface area (Å²) in [5, 5.41) is 15.1. The molecule has 1 N–H and O–H groups in total. The van der Waals surface area contributed by atoms with Crippen molar-refractivity contribution in [1.29, 1.82) is 5.26 Å². The molecule has 0 bridgehead atoms. The van der Waals surface area contributed by atoms with Crippen molar-refractivity contribution in [2.45, 2.75) is 13.8 Å². The molecular formula is C18H20N4O5. The standard InChI is InChI=1S/C18H20N4O5/c1-4-25-15-8-13(9-19)5-6-14(15)26-11-18(24)22(3)10-17(23)20-16-7-12(2)27-21-16/h5-8H,4,10-11H2,1-3H3,(H,20,21,23). The Morgan fingerprint density at radius 1 is 1.30 bits per heavy atom. The number of aryl methyl sites for hydroxylation is 1. The number of rotatable bonds is 8. The van der Waals surface area contributed by atoms with Crippen LogP contribution in [0.3, 0.4) is 0 Å². The lowest BCUT2D eigenvalue weighted by atomic mass is 10.2. The number of nitrogens with one attached hydrogen (secondary N) is 1. The fourth-order valence-corrected chi connectivity index (χ4v) is 2.13. The van der Waals surface area contributed by atoms with Crippen molar-refractivity contribution >= 4 is 17.6 Å². The number of carbonyl (C=O) groups is 2. The first-order valence-corrected chi connectivity index (χ1v) is 8.19. The van der Waals surface area contributed by atoms with E-state index >= 15 is 0 Å². The Morgan fingerprint density at radius 2 is 2.07 bits per heavy atom. The van der Waals surface area contributed by atoms with Gasteiger partial charge in [-0.25, -0.2) is 0 Å². The number of aromatic nitrogens is 1. The van der Waals surface area contributed by atoms with E-state index in [0.717, 1.165) is 0 Å². The van der Waals surface area contributed by atoms with Gasteiger partial charge in [0, 0.05) is 19.2 Å². The van der Waals surface area contributed by atoms with Crippen molar-refractivity contribution in [2.24, 2.45) is 0 Å². The van der Waals surface area contributed by atoms with Gasteiger partial charge in [0.05, 0.1) is 24.8 Å². The first kappa shape index (κ1) is 19.8. The number of nitriles is 1. The van der Waals surface area contributed by atoms with Gasteiger partial charge in [-0.3, -0.25) is 9.59 Å². The summed E-state index contributed by atoms with van der Waals surface area (Å²) in [7, 11) is 1.49. The van der Waals surface area contributed by atoms with E-state index in [9.17, 15) is 9.59 Å². The van der Waals surface area contributed by atoms with E-state index in [1.54, 1.807) is 38.1 Å². The van der Waals surface area contributed by atoms with Gasteiger partial charge in [-0.1, -0.05) is 5.16 Å². The molecule has 0 unspecified atom stereocenters. The van der Waals surface area contributed by atoms with Crippen molar-refractivity contribution in [3.8, 4) is 17.6 Å². The number of hydrogen-bond donors (Lipinski definition) is 1. The highest BCUT2D eigenvalue weighted by Crippen LogP contribution is 2.28. The number of anilines is 1. The molecule has 142 valence electrons. The number of nitrogens with zero attached hydrogens (tertiary/aromatic N) is 3. The third-order valence-electron chi connectivity index (χ3n) is 3.43. The van der Waals surface area contributed by atoms with Gasteiger partial charge in [-0.2, -0.15) is 5.26 Å². The normalized spacial score (nSPS) is 10.0. The monoisotopic (exact) mass is 372 g/mol. The van der Waals surface area contributed by atoms with E-state index in [-0.39, 0.29) is 19.0 Å². The van der Waals surface area contributed by atoms with Crippen molar-refractivity contribution in [1.82, 2.24) is 10.1 Å². The molecule has 2 aromatic rings. The van der Waals surface area contributed by atoms with Crippen LogP contribution in [0.1, 0.15) is 18.2 Å². The summed E-state index contributed by atoms with van der Waals surface area (Å²) >= 11 is 0. The Hall–Kier alpha value is -3.54. The molecule has 27 heavy (non-hydrogen) atoms. The van der Waals surface area contributed by atoms with E-state index in [1.807, 2.05) is 6.07 Å². The van der Waals surface area contributed by atoms with Gasteiger partial charge in [-0.15, -0.1) is 0 Å². The van der Waals surface area contributed by atoms with Crippen LogP contribution in [0.25, 0.3) is 0 Å². The van der Waals surface area contributed by atoms with Gasteiger partial charge in [0.15, 0.2) is 23.9 Å². The van der Waals surface area contributed by atoms with Crippen LogP contribution in [-0.2, 0) is 9.59 Å². The largest absolute Gasteiger partial charge is 0.490 e. The summed E-state index contributed by atoms with van der Waals surface area (Å²) in [6.45, 7) is 3.45. The highest BCUT2D eigenvalue weighted by Gasteiger charge is 2.16. The van der Waals surface area contributed by atoms with Crippen LogP contribution in [0.5, 0.6) is 11.5 Å². The summed E-state index contributed by atoms with van der Waals surface area (Å²) in [5.74, 6) is 0.774. The second-order valence-corrected chi connectivity index (χ2v) is 5.62. The average molecular weight is 372 g/mol. The Balaban J connectivity index is 1.89. The Bertz CT molecular complexity index is 856. The number of amides is 2. The second kappa shape index (κ2) is 9.24. The highest BCUT2D eigenvalue weighted by molar-refractivity contribution is 5.93. The summed E-state index contributed by atoms with van der Waals surface area (Å²) < 4.78 is 15.8. The quantitative estimate of drug-likeness (QED) is 0.749. The van der Waals surface area contributed by atoms with Crippen LogP contribution in [0, 0.1) is 18.3 Å². The third-order valence-corrected chi connectivity index (χ3v) is 3.43. The van der Waals surface area contributed by atoms with Gasteiger partial charge >= 0.3 is 0 Å². The molecular weight excluding hydrogens is 352 g/mol. The maximum Gasteiger partial charge on any atom is 0.260 e. The molecule has 1 heterocycles. The Kier molecular flexibility index (Phi) is 6.77. The van der Waals surface area contributed by atoms with Crippen LogP contribution in [0.15, 0.2) is 28.8 Å². The molecule has 0 spiro atoms. The Morgan fingerprint density at radius 3 is 2.70 bits per heavy atom. The van der Waals surface area contributed by atoms with E-state index in [1.165, 1.54) is 11.9 Å². The van der Waals surface area contributed by atoms with E-state index in [4.69, 9.17) is 19.3 Å². The molecule has 0 atom stereocenters. The lowest BCUT2D eigenvalue weighted by Gasteiger charge is -2.17. The fourth-order valence-electron chi connectivity index (χ4n) is 2.13. The SMILES string of the molecule is CCOc1cc(C#N)ccc1OCC(=O)N(C)CC(=O)Nc1cc(C)on1. The van der Waals surface area contributed by atoms with Crippen LogP contribution in [-0.4, -0.2) is 48.7 Å². The van der Waals surface area contributed by atoms with Crippen LogP contribution in [0.2, 0.25) is 0 Å². The van der Waals surface area contributed by atoms with E-state index in [2.05, 4.69) is 10.5 Å². The Labute approximate surface area is 156 Å². The van der Waals surface area contributed by atoms with Crippen molar-refractivity contribution < 1.29 is 23.6 Å². The van der Waals surface area contributed by atoms with Crippen LogP contribution >= 0.6 is 0 Å². The lowest BCUT2D eigenvalue weighted by Crippen LogP contribution is -2.37. The molecule has 2 rings (SSSR count). The molecule has 0 fully saturated rings. The molecule has 0 radical (unpaired) electrons. The molecule has 2 amide bonds. The van der Waals surface area contributed by atoms with E-state index in [0.29, 0.717) is 29.4 Å². The number of benzene rings is 1. The molecule has 1 aromatic heterocycles. The first-order chi connectivity index (χ1) is 12.9.